The molecule has 18 nitrogen and oxygen atoms in total. The van der Waals surface area contributed by atoms with Crippen molar-refractivity contribution >= 4 is 35.6 Å². The number of hydrogen-bond acceptors (Lipinski definition) is 11. The zero-order valence-electron chi connectivity index (χ0n) is 18.6. The molecule has 7 amide bonds. The monoisotopic (exact) mass is 504 g/mol. The lowest BCUT2D eigenvalue weighted by Gasteiger charge is -2.57. The Morgan fingerprint density at radius 2 is 1.36 bits per heavy atom. The molecule has 4 aliphatic rings. The fourth-order valence-corrected chi connectivity index (χ4v) is 5.27. The van der Waals surface area contributed by atoms with E-state index in [-0.39, 0.29) is 17.7 Å². The summed E-state index contributed by atoms with van der Waals surface area (Å²) in [4.78, 5) is 75.4. The lowest BCUT2D eigenvalue weighted by Crippen LogP contribution is -2.80. The van der Waals surface area contributed by atoms with Crippen LogP contribution in [0.2, 0.25) is 0 Å². The van der Waals surface area contributed by atoms with Gasteiger partial charge in [-0.3, -0.25) is 29.0 Å². The van der Waals surface area contributed by atoms with Gasteiger partial charge in [0, 0.05) is 5.92 Å². The second-order valence-electron chi connectivity index (χ2n) is 8.35. The van der Waals surface area contributed by atoms with Gasteiger partial charge in [-0.05, 0) is 18.4 Å². The Labute approximate surface area is 202 Å². The molecular formula is C18H24N12O6. The molecule has 1 saturated heterocycles. The fourth-order valence-electron chi connectivity index (χ4n) is 5.27. The molecule has 3 heterocycles. The summed E-state index contributed by atoms with van der Waals surface area (Å²) in [6.07, 6.45) is -0.0432. The van der Waals surface area contributed by atoms with E-state index in [2.05, 4.69) is 16.6 Å². The maximum Gasteiger partial charge on any atom is 0.331 e. The zero-order chi connectivity index (χ0) is 26.6. The van der Waals surface area contributed by atoms with Gasteiger partial charge in [-0.2, -0.15) is 11.1 Å². The molecule has 4 rings (SSSR count). The molecule has 2 fully saturated rings. The third-order valence-corrected chi connectivity index (χ3v) is 6.44. The van der Waals surface area contributed by atoms with E-state index in [0.717, 1.165) is 15.1 Å². The van der Waals surface area contributed by atoms with Crippen LogP contribution >= 0.6 is 0 Å². The van der Waals surface area contributed by atoms with Gasteiger partial charge < -0.3 is 34.4 Å². The van der Waals surface area contributed by atoms with Crippen LogP contribution in [0.15, 0.2) is 33.7 Å². The van der Waals surface area contributed by atoms with Gasteiger partial charge in [0.1, 0.15) is 11.9 Å². The van der Waals surface area contributed by atoms with Crippen LogP contribution < -0.4 is 51.0 Å². The summed E-state index contributed by atoms with van der Waals surface area (Å²) < 4.78 is 0. The number of carbonyl (C=O) groups excluding carboxylic acids is 6. The fraction of sp³-hybridized carbons (Fsp3) is 0.333. The van der Waals surface area contributed by atoms with Crippen LogP contribution in [-0.2, 0) is 24.0 Å². The predicted octanol–water partition coefficient (Wildman–Crippen LogP) is -5.67. The molecule has 0 aromatic carbocycles. The number of primary amides is 6. The first-order valence-electron chi connectivity index (χ1n) is 10.6. The molecule has 36 heavy (non-hydrogen) atoms. The van der Waals surface area contributed by atoms with Gasteiger partial charge in [0.25, 0.3) is 17.7 Å². The van der Waals surface area contributed by atoms with Gasteiger partial charge in [-0.15, -0.1) is 10.7 Å². The molecule has 0 spiro atoms. The highest BCUT2D eigenvalue weighted by atomic mass is 16.2. The first-order valence-corrected chi connectivity index (χ1v) is 10.6. The van der Waals surface area contributed by atoms with Crippen LogP contribution in [0.3, 0.4) is 0 Å². The number of hydrogen-bond donors (Lipinski definition) is 9. The number of hydrazine groups is 5. The van der Waals surface area contributed by atoms with Crippen LogP contribution in [0.4, 0.5) is 4.79 Å². The average Bonchev–Trinajstić information content (AvgIpc) is 2.80. The van der Waals surface area contributed by atoms with Crippen molar-refractivity contribution < 1.29 is 28.8 Å². The number of nitrogens with one attached hydrogen (secondary N) is 3. The average molecular weight is 504 g/mol. The number of nitrogens with zero attached hydrogens (tertiary/aromatic N) is 3. The molecule has 0 bridgehead atoms. The molecular weight excluding hydrogens is 480 g/mol. The zero-order valence-corrected chi connectivity index (χ0v) is 18.6. The van der Waals surface area contributed by atoms with Gasteiger partial charge in [-0.1, -0.05) is 6.42 Å². The Bertz CT molecular complexity index is 1220. The van der Waals surface area contributed by atoms with Crippen LogP contribution in [-0.4, -0.2) is 56.9 Å². The number of urea groups is 1. The molecule has 1 saturated carbocycles. The van der Waals surface area contributed by atoms with E-state index in [4.69, 9.17) is 34.4 Å². The van der Waals surface area contributed by atoms with E-state index in [1.807, 2.05) is 0 Å². The van der Waals surface area contributed by atoms with E-state index in [0.29, 0.717) is 12.8 Å². The predicted molar refractivity (Wildman–Crippen MR) is 116 cm³/mol. The van der Waals surface area contributed by atoms with E-state index in [1.165, 1.54) is 0 Å². The van der Waals surface area contributed by atoms with E-state index in [9.17, 15) is 28.8 Å². The third-order valence-electron chi connectivity index (χ3n) is 6.44. The van der Waals surface area contributed by atoms with Crippen LogP contribution in [0.5, 0.6) is 0 Å². The largest absolute Gasteiger partial charge is 0.369 e. The smallest absolute Gasteiger partial charge is 0.331 e. The number of rotatable bonds is 5. The van der Waals surface area contributed by atoms with Gasteiger partial charge in [0.2, 0.25) is 11.8 Å². The molecule has 18 heteroatoms. The standard InChI is InChI=1S/C18H24N12O6/c19-12(31)4-2-1-3-5-6(4)10-8(14(21)33)7(13(20)32)9(15(22)34)11(16(23)35)29(10)30-17(5)28(18(24)36)26-25-27-30/h4-5,17,25-27H,1-3H2,(H2,19,31)(H2,20,32)(H2,21,33)(H2,22,34)(H2,23,35)(H2,24,36). The van der Waals surface area contributed by atoms with Crippen LogP contribution in [0.1, 0.15) is 19.3 Å². The molecule has 0 radical (unpaired) electrons. The van der Waals surface area contributed by atoms with Crippen LogP contribution in [0.25, 0.3) is 0 Å². The van der Waals surface area contributed by atoms with Gasteiger partial charge in [0.05, 0.1) is 28.3 Å². The highest BCUT2D eigenvalue weighted by Crippen LogP contribution is 2.50. The molecule has 3 unspecified atom stereocenters. The Morgan fingerprint density at radius 3 is 1.86 bits per heavy atom. The Balaban J connectivity index is 2.21. The van der Waals surface area contributed by atoms with Gasteiger partial charge in [0.15, 0.2) is 0 Å². The van der Waals surface area contributed by atoms with Crippen molar-refractivity contribution in [2.24, 2.45) is 46.2 Å². The maximum absolute atomic E-state index is 12.8. The van der Waals surface area contributed by atoms with Crippen molar-refractivity contribution in [3.8, 4) is 0 Å². The number of fused-ring (bicyclic) bond motifs is 5. The van der Waals surface area contributed by atoms with E-state index in [1.54, 1.807) is 0 Å². The summed E-state index contributed by atoms with van der Waals surface area (Å²) in [7, 11) is 0. The first-order chi connectivity index (χ1) is 16.9. The lowest BCUT2D eigenvalue weighted by molar-refractivity contribution is -0.203. The molecule has 15 N–H and O–H groups in total. The normalized spacial score (nSPS) is 26.2. The summed E-state index contributed by atoms with van der Waals surface area (Å²) >= 11 is 0. The molecule has 192 valence electrons. The van der Waals surface area contributed by atoms with Crippen molar-refractivity contribution in [1.29, 1.82) is 0 Å². The summed E-state index contributed by atoms with van der Waals surface area (Å²) in [6.45, 7) is 0. The van der Waals surface area contributed by atoms with Gasteiger partial charge in [-0.25, -0.2) is 9.80 Å². The topological polar surface area (TPSA) is 304 Å². The molecule has 3 aliphatic heterocycles. The maximum atomic E-state index is 12.8. The summed E-state index contributed by atoms with van der Waals surface area (Å²) in [5, 5.41) is 3.01. The molecule has 1 aliphatic carbocycles. The van der Waals surface area contributed by atoms with Crippen molar-refractivity contribution in [2.75, 3.05) is 0 Å². The Kier molecular flexibility index (Phi) is 5.88. The quantitative estimate of drug-likeness (QED) is 0.170. The molecule has 3 atom stereocenters. The Morgan fingerprint density at radius 1 is 0.750 bits per heavy atom. The van der Waals surface area contributed by atoms with Gasteiger partial charge >= 0.3 is 6.03 Å². The van der Waals surface area contributed by atoms with Crippen molar-refractivity contribution in [3.63, 3.8) is 0 Å². The Hall–Kier alpha value is -4.52. The first kappa shape index (κ1) is 24.6. The third kappa shape index (κ3) is 3.43. The van der Waals surface area contributed by atoms with E-state index >= 15 is 0 Å². The SMILES string of the molecule is NC(=O)C1=C(C(N)=O)C2=C3C(C(N)=O)CCCC3C3N(C(N)=O)NNNN3N2C(C(N)=O)=C1C(N)=O. The molecule has 0 aromatic rings. The van der Waals surface area contributed by atoms with Crippen LogP contribution in [0, 0.1) is 11.8 Å². The second-order valence-corrected chi connectivity index (χ2v) is 8.35. The second kappa shape index (κ2) is 8.61. The summed E-state index contributed by atoms with van der Waals surface area (Å²) in [5.41, 5.74) is 38.3. The highest BCUT2D eigenvalue weighted by molar-refractivity contribution is 6.20. The number of carbonyl (C=O) groups is 6. The minimum absolute atomic E-state index is 0.168. The molecule has 0 aromatic heterocycles. The number of amides is 7. The summed E-state index contributed by atoms with van der Waals surface area (Å²) in [6, 6.07) is -0.969. The minimum Gasteiger partial charge on any atom is -0.369 e. The highest BCUT2D eigenvalue weighted by Gasteiger charge is 2.56. The minimum atomic E-state index is -1.33. The summed E-state index contributed by atoms with van der Waals surface area (Å²) in [5.74, 6) is -7.68. The van der Waals surface area contributed by atoms with Crippen molar-refractivity contribution in [3.05, 3.63) is 33.7 Å². The van der Waals surface area contributed by atoms with E-state index < -0.39 is 76.0 Å². The lowest BCUT2D eigenvalue weighted by atomic mass is 9.70. The van der Waals surface area contributed by atoms with Crippen molar-refractivity contribution in [1.82, 2.24) is 31.7 Å². The number of nitrogens with two attached hydrogens (primary N) is 6. The van der Waals surface area contributed by atoms with Crippen molar-refractivity contribution in [2.45, 2.75) is 25.4 Å².